The Morgan fingerprint density at radius 2 is 2.18 bits per heavy atom. The Hall–Kier alpha value is -1.56. The summed E-state index contributed by atoms with van der Waals surface area (Å²) >= 11 is 0. The number of carboxylic acids is 1. The number of carboxylic acid groups (broad SMARTS) is 1. The Kier molecular flexibility index (Phi) is 7.79. The Bertz CT molecular complexity index is 267. The van der Waals surface area contributed by atoms with E-state index >= 15 is 0 Å². The quantitative estimate of drug-likeness (QED) is 0.627. The van der Waals surface area contributed by atoms with Gasteiger partial charge in [0.2, 0.25) is 0 Å². The van der Waals surface area contributed by atoms with E-state index in [1.807, 2.05) is 6.92 Å². The van der Waals surface area contributed by atoms with Gasteiger partial charge < -0.3 is 19.9 Å². The van der Waals surface area contributed by atoms with Gasteiger partial charge >= 0.3 is 12.1 Å². The van der Waals surface area contributed by atoms with Gasteiger partial charge in [-0.3, -0.25) is 0 Å². The number of carbonyl (C=O) groups excluding carboxylic acids is 1. The zero-order valence-corrected chi connectivity index (χ0v) is 10.1. The summed E-state index contributed by atoms with van der Waals surface area (Å²) in [5, 5.41) is 11.2. The van der Waals surface area contributed by atoms with Crippen LogP contribution < -0.4 is 5.32 Å². The van der Waals surface area contributed by atoms with Crippen molar-refractivity contribution in [2.45, 2.75) is 32.4 Å². The molecule has 2 atom stereocenters. The summed E-state index contributed by atoms with van der Waals surface area (Å²) in [4.78, 5) is 21.7. The molecule has 0 aliphatic heterocycles. The largest absolute Gasteiger partial charge is 0.479 e. The predicted octanol–water partition coefficient (Wildman–Crippen LogP) is 1.17. The van der Waals surface area contributed by atoms with Gasteiger partial charge in [0.1, 0.15) is 6.61 Å². The Morgan fingerprint density at radius 3 is 2.65 bits per heavy atom. The lowest BCUT2D eigenvalue weighted by Gasteiger charge is -2.18. The normalized spacial score (nSPS) is 13.5. The van der Waals surface area contributed by atoms with Crippen LogP contribution in [0.5, 0.6) is 0 Å². The summed E-state index contributed by atoms with van der Waals surface area (Å²) in [6.45, 7) is 6.97. The first-order valence-corrected chi connectivity index (χ1v) is 5.39. The van der Waals surface area contributed by atoms with Gasteiger partial charge in [0, 0.05) is 0 Å². The van der Waals surface area contributed by atoms with E-state index in [0.29, 0.717) is 6.42 Å². The lowest BCUT2D eigenvalue weighted by atomic mass is 10.2. The lowest BCUT2D eigenvalue weighted by molar-refractivity contribution is -0.149. The molecule has 6 heteroatoms. The van der Waals surface area contributed by atoms with Crippen molar-refractivity contribution in [3.05, 3.63) is 12.7 Å². The predicted molar refractivity (Wildman–Crippen MR) is 61.8 cm³/mol. The monoisotopic (exact) mass is 245 g/mol. The zero-order chi connectivity index (χ0) is 13.3. The Labute approximate surface area is 101 Å². The minimum absolute atomic E-state index is 0.132. The van der Waals surface area contributed by atoms with E-state index in [1.54, 1.807) is 0 Å². The standard InChI is InChI=1S/C11H19NO5/c1-4-6-16-11(15)12-9(5-2)7-17-8(3)10(13)14/h4,8-9H,1,5-7H2,2-3H3,(H,12,15)(H,13,14). The molecular formula is C11H19NO5. The first-order chi connectivity index (χ1) is 8.01. The van der Waals surface area contributed by atoms with Crippen LogP contribution in [0.3, 0.4) is 0 Å². The van der Waals surface area contributed by atoms with Gasteiger partial charge in [-0.15, -0.1) is 0 Å². The minimum atomic E-state index is -1.03. The zero-order valence-electron chi connectivity index (χ0n) is 10.1. The van der Waals surface area contributed by atoms with Crippen molar-refractivity contribution in [1.82, 2.24) is 5.32 Å². The molecule has 1 amide bonds. The average molecular weight is 245 g/mol. The summed E-state index contributed by atoms with van der Waals surface area (Å²) in [5.41, 5.74) is 0. The lowest BCUT2D eigenvalue weighted by Crippen LogP contribution is -2.39. The molecule has 0 fully saturated rings. The maximum atomic E-state index is 11.2. The number of rotatable bonds is 8. The van der Waals surface area contributed by atoms with E-state index in [1.165, 1.54) is 13.0 Å². The molecule has 0 heterocycles. The highest BCUT2D eigenvalue weighted by atomic mass is 16.5. The van der Waals surface area contributed by atoms with Crippen molar-refractivity contribution >= 4 is 12.1 Å². The number of carbonyl (C=O) groups is 2. The molecule has 98 valence electrons. The summed E-state index contributed by atoms with van der Waals surface area (Å²) in [6, 6.07) is -0.269. The van der Waals surface area contributed by atoms with Crippen LogP contribution in [0.15, 0.2) is 12.7 Å². The molecule has 0 aromatic rings. The van der Waals surface area contributed by atoms with Gasteiger partial charge in [-0.25, -0.2) is 9.59 Å². The number of hydrogen-bond acceptors (Lipinski definition) is 4. The van der Waals surface area contributed by atoms with Crippen molar-refractivity contribution in [3.63, 3.8) is 0 Å². The third-order valence-electron chi connectivity index (χ3n) is 2.04. The molecule has 0 saturated heterocycles. The van der Waals surface area contributed by atoms with Gasteiger partial charge in [-0.1, -0.05) is 19.6 Å². The van der Waals surface area contributed by atoms with Gasteiger partial charge in [-0.2, -0.15) is 0 Å². The summed E-state index contributed by atoms with van der Waals surface area (Å²) < 4.78 is 9.81. The first-order valence-electron chi connectivity index (χ1n) is 5.39. The molecule has 0 saturated carbocycles. The molecule has 0 rings (SSSR count). The van der Waals surface area contributed by atoms with Crippen molar-refractivity contribution < 1.29 is 24.2 Å². The van der Waals surface area contributed by atoms with E-state index in [4.69, 9.17) is 14.6 Å². The second-order valence-electron chi connectivity index (χ2n) is 3.45. The molecule has 0 radical (unpaired) electrons. The first kappa shape index (κ1) is 15.4. The van der Waals surface area contributed by atoms with E-state index < -0.39 is 18.2 Å². The highest BCUT2D eigenvalue weighted by Crippen LogP contribution is 1.98. The number of amides is 1. The maximum Gasteiger partial charge on any atom is 0.407 e. The molecule has 0 aromatic heterocycles. The second-order valence-corrected chi connectivity index (χ2v) is 3.45. The molecule has 6 nitrogen and oxygen atoms in total. The van der Waals surface area contributed by atoms with E-state index in [9.17, 15) is 9.59 Å². The number of ether oxygens (including phenoxy) is 2. The fourth-order valence-corrected chi connectivity index (χ4v) is 0.936. The van der Waals surface area contributed by atoms with Crippen LogP contribution in [0.1, 0.15) is 20.3 Å². The van der Waals surface area contributed by atoms with E-state index in [0.717, 1.165) is 0 Å². The maximum absolute atomic E-state index is 11.2. The summed E-state index contributed by atoms with van der Waals surface area (Å²) in [7, 11) is 0. The van der Waals surface area contributed by atoms with Crippen molar-refractivity contribution in [2.75, 3.05) is 13.2 Å². The molecule has 0 aromatic carbocycles. The fraction of sp³-hybridized carbons (Fsp3) is 0.636. The van der Waals surface area contributed by atoms with Gasteiger partial charge in [0.15, 0.2) is 6.10 Å². The number of aliphatic carboxylic acids is 1. The van der Waals surface area contributed by atoms with Crippen LogP contribution in [0.2, 0.25) is 0 Å². The van der Waals surface area contributed by atoms with Crippen LogP contribution in [-0.4, -0.2) is 42.5 Å². The third kappa shape index (κ3) is 7.35. The molecule has 17 heavy (non-hydrogen) atoms. The highest BCUT2D eigenvalue weighted by Gasteiger charge is 2.16. The highest BCUT2D eigenvalue weighted by molar-refractivity contribution is 5.71. The van der Waals surface area contributed by atoms with Gasteiger partial charge in [0.25, 0.3) is 0 Å². The van der Waals surface area contributed by atoms with Gasteiger partial charge in [0.05, 0.1) is 12.6 Å². The topological polar surface area (TPSA) is 84.9 Å². The molecular weight excluding hydrogens is 226 g/mol. The van der Waals surface area contributed by atoms with Crippen LogP contribution in [0.25, 0.3) is 0 Å². The number of alkyl carbamates (subject to hydrolysis) is 1. The van der Waals surface area contributed by atoms with Crippen molar-refractivity contribution in [3.8, 4) is 0 Å². The molecule has 0 spiro atoms. The number of hydrogen-bond donors (Lipinski definition) is 2. The third-order valence-corrected chi connectivity index (χ3v) is 2.04. The minimum Gasteiger partial charge on any atom is -0.479 e. The van der Waals surface area contributed by atoms with Crippen LogP contribution in [0, 0.1) is 0 Å². The molecule has 0 aliphatic carbocycles. The van der Waals surface area contributed by atoms with Crippen LogP contribution in [-0.2, 0) is 14.3 Å². The Balaban J connectivity index is 3.94. The Morgan fingerprint density at radius 1 is 1.53 bits per heavy atom. The number of nitrogens with one attached hydrogen (secondary N) is 1. The van der Waals surface area contributed by atoms with Crippen LogP contribution >= 0.6 is 0 Å². The smallest absolute Gasteiger partial charge is 0.407 e. The van der Waals surface area contributed by atoms with E-state index in [-0.39, 0.29) is 19.3 Å². The van der Waals surface area contributed by atoms with E-state index in [2.05, 4.69) is 11.9 Å². The molecule has 2 unspecified atom stereocenters. The SMILES string of the molecule is C=CCOC(=O)NC(CC)COC(C)C(=O)O. The van der Waals surface area contributed by atoms with Crippen molar-refractivity contribution in [1.29, 1.82) is 0 Å². The molecule has 0 aliphatic rings. The average Bonchev–Trinajstić information content (AvgIpc) is 2.31. The van der Waals surface area contributed by atoms with Gasteiger partial charge in [-0.05, 0) is 13.3 Å². The molecule has 2 N–H and O–H groups in total. The second kappa shape index (κ2) is 8.58. The summed E-state index contributed by atoms with van der Waals surface area (Å²) in [5.74, 6) is -1.03. The van der Waals surface area contributed by atoms with Crippen molar-refractivity contribution in [2.24, 2.45) is 0 Å². The summed E-state index contributed by atoms with van der Waals surface area (Å²) in [6.07, 6.45) is 0.623. The molecule has 0 bridgehead atoms. The fourth-order valence-electron chi connectivity index (χ4n) is 0.936. The van der Waals surface area contributed by atoms with Crippen LogP contribution in [0.4, 0.5) is 4.79 Å².